The zero-order chi connectivity index (χ0) is 33.1. The molecule has 0 bridgehead atoms. The molecule has 8 rings (SSSR count). The molecule has 0 radical (unpaired) electrons. The van der Waals surface area contributed by atoms with Crippen molar-refractivity contribution in [3.8, 4) is 11.5 Å². The first-order chi connectivity index (χ1) is 23.3. The summed E-state index contributed by atoms with van der Waals surface area (Å²) < 4.78 is 0. The van der Waals surface area contributed by atoms with E-state index in [9.17, 15) is 19.8 Å². The number of carbonyl (C=O) groups is 2. The Kier molecular flexibility index (Phi) is 9.09. The Morgan fingerprint density at radius 2 is 1.25 bits per heavy atom. The smallest absolute Gasteiger partial charge is 0.155 e. The first-order valence-corrected chi connectivity index (χ1v) is 17.8. The van der Waals surface area contributed by atoms with Crippen LogP contribution in [0.3, 0.4) is 0 Å². The highest BCUT2D eigenvalue weighted by Gasteiger charge is 2.46. The Hall–Kier alpha value is -4.44. The number of hydrogen-bond acceptors (Lipinski definition) is 4. The molecule has 4 aromatic carbocycles. The number of aryl methyl sites for hydroxylation is 2. The van der Waals surface area contributed by atoms with E-state index in [1.807, 2.05) is 30.3 Å². The molecule has 0 aromatic heterocycles. The summed E-state index contributed by atoms with van der Waals surface area (Å²) in [6.45, 7) is 0. The van der Waals surface area contributed by atoms with Crippen molar-refractivity contribution >= 4 is 11.6 Å². The van der Waals surface area contributed by atoms with Crippen LogP contribution in [0.15, 0.2) is 109 Å². The third kappa shape index (κ3) is 6.38. The molecule has 4 aliphatic rings. The summed E-state index contributed by atoms with van der Waals surface area (Å²) in [7, 11) is 0. The quantitative estimate of drug-likeness (QED) is 0.234. The van der Waals surface area contributed by atoms with Crippen molar-refractivity contribution in [2.24, 2.45) is 5.92 Å². The van der Waals surface area contributed by atoms with Crippen LogP contribution in [0.1, 0.15) is 91.2 Å². The number of benzene rings is 4. The maximum Gasteiger partial charge on any atom is 0.155 e. The van der Waals surface area contributed by atoms with Crippen LogP contribution in [0.2, 0.25) is 0 Å². The number of carbonyl (C=O) groups excluding carboxylic acids is 2. The highest BCUT2D eigenvalue weighted by atomic mass is 16.3. The maximum absolute atomic E-state index is 12.2. The van der Waals surface area contributed by atoms with E-state index < -0.39 is 0 Å². The summed E-state index contributed by atoms with van der Waals surface area (Å²) in [5.74, 6) is 1.79. The van der Waals surface area contributed by atoms with E-state index in [0.717, 1.165) is 64.2 Å². The molecule has 4 nitrogen and oxygen atoms in total. The predicted octanol–water partition coefficient (Wildman–Crippen LogP) is 9.08. The number of phenolic OH excluding ortho intramolecular Hbond substituents is 2. The molecule has 1 fully saturated rings. The highest BCUT2D eigenvalue weighted by molar-refractivity contribution is 5.92. The average molecular weight is 639 g/mol. The van der Waals surface area contributed by atoms with Crippen molar-refractivity contribution < 1.29 is 19.8 Å². The molecule has 3 atom stereocenters. The Morgan fingerprint density at radius 1 is 0.625 bits per heavy atom. The largest absolute Gasteiger partial charge is 0.508 e. The topological polar surface area (TPSA) is 74.6 Å². The van der Waals surface area contributed by atoms with E-state index in [1.165, 1.54) is 39.0 Å². The van der Waals surface area contributed by atoms with Gasteiger partial charge in [-0.2, -0.15) is 0 Å². The standard InChI is InChI=1S/C22H24O2.C22H22O2/c2*23-19-9-10-21-17(13-19)7-4-8-18-14-20(24)11-12-22(18,21)15-16-5-2-1-3-6-16/h1-3,5-6,9-10,13,18,23H,4,7-8,11-12,14-15H2;1-3,5-6,9-10,13-14,23H,4,7-8,11-12,15H2. The third-order valence-electron chi connectivity index (χ3n) is 11.7. The highest BCUT2D eigenvalue weighted by Crippen LogP contribution is 2.51. The van der Waals surface area contributed by atoms with Crippen molar-refractivity contribution in [3.63, 3.8) is 0 Å². The van der Waals surface area contributed by atoms with Crippen molar-refractivity contribution in [1.29, 1.82) is 0 Å². The van der Waals surface area contributed by atoms with Gasteiger partial charge in [0, 0.05) is 30.1 Å². The van der Waals surface area contributed by atoms with Gasteiger partial charge in [0.2, 0.25) is 0 Å². The molecule has 0 amide bonds. The SMILES string of the molecule is O=C1C=C2CCCc3cc(O)ccc3C2(Cc2ccccc2)CC1.O=C1CCC2(Cc3ccccc3)c3ccc(O)cc3CCCC2C1. The van der Waals surface area contributed by atoms with E-state index in [4.69, 9.17) is 0 Å². The number of allylic oxidation sites excluding steroid dienone is 2. The third-order valence-corrected chi connectivity index (χ3v) is 11.7. The lowest BCUT2D eigenvalue weighted by Gasteiger charge is -2.44. The maximum atomic E-state index is 12.2. The molecule has 0 aliphatic heterocycles. The van der Waals surface area contributed by atoms with Crippen molar-refractivity contribution in [3.05, 3.63) is 142 Å². The van der Waals surface area contributed by atoms with Gasteiger partial charge in [-0.15, -0.1) is 0 Å². The number of fused-ring (bicyclic) bond motifs is 6. The summed E-state index contributed by atoms with van der Waals surface area (Å²) in [5, 5.41) is 19.9. The van der Waals surface area contributed by atoms with Crippen molar-refractivity contribution in [2.75, 3.05) is 0 Å². The lowest BCUT2D eigenvalue weighted by Crippen LogP contribution is -2.42. The lowest BCUT2D eigenvalue weighted by molar-refractivity contribution is -0.123. The number of rotatable bonds is 4. The minimum Gasteiger partial charge on any atom is -0.508 e. The van der Waals surface area contributed by atoms with Crippen LogP contribution in [0.5, 0.6) is 11.5 Å². The fourth-order valence-electron chi connectivity index (χ4n) is 9.46. The summed E-state index contributed by atoms with van der Waals surface area (Å²) in [4.78, 5) is 24.2. The number of ketones is 2. The fourth-order valence-corrected chi connectivity index (χ4v) is 9.46. The zero-order valence-electron chi connectivity index (χ0n) is 27.8. The summed E-state index contributed by atoms with van der Waals surface area (Å²) in [6, 6.07) is 32.9. The molecular formula is C44H46O4. The van der Waals surface area contributed by atoms with E-state index in [0.29, 0.717) is 42.5 Å². The molecular weight excluding hydrogens is 592 g/mol. The summed E-state index contributed by atoms with van der Waals surface area (Å²) in [5.41, 5.74) is 9.07. The molecule has 246 valence electrons. The molecule has 4 aromatic rings. The van der Waals surface area contributed by atoms with Crippen LogP contribution in [0, 0.1) is 5.92 Å². The number of phenols is 2. The van der Waals surface area contributed by atoms with Gasteiger partial charge in [-0.1, -0.05) is 78.4 Å². The molecule has 0 heterocycles. The van der Waals surface area contributed by atoms with E-state index in [2.05, 4.69) is 66.7 Å². The minimum absolute atomic E-state index is 0.0365. The first-order valence-electron chi connectivity index (χ1n) is 17.8. The van der Waals surface area contributed by atoms with Gasteiger partial charge in [0.1, 0.15) is 17.3 Å². The zero-order valence-corrected chi connectivity index (χ0v) is 27.8. The van der Waals surface area contributed by atoms with Gasteiger partial charge in [-0.25, -0.2) is 0 Å². The normalized spacial score (nSPS) is 24.7. The summed E-state index contributed by atoms with van der Waals surface area (Å²) in [6.07, 6.45) is 13.8. The Bertz CT molecular complexity index is 1820. The number of aromatic hydroxyl groups is 2. The van der Waals surface area contributed by atoms with E-state index >= 15 is 0 Å². The van der Waals surface area contributed by atoms with Gasteiger partial charge >= 0.3 is 0 Å². The van der Waals surface area contributed by atoms with Gasteiger partial charge in [0.25, 0.3) is 0 Å². The Labute approximate surface area is 284 Å². The number of hydrogen-bond donors (Lipinski definition) is 2. The predicted molar refractivity (Wildman–Crippen MR) is 190 cm³/mol. The van der Waals surface area contributed by atoms with Gasteiger partial charge in [0.05, 0.1) is 0 Å². The molecule has 4 aliphatic carbocycles. The molecule has 3 unspecified atom stereocenters. The van der Waals surface area contributed by atoms with Crippen molar-refractivity contribution in [1.82, 2.24) is 0 Å². The molecule has 48 heavy (non-hydrogen) atoms. The second-order valence-corrected chi connectivity index (χ2v) is 14.6. The Balaban J connectivity index is 0.000000152. The second-order valence-electron chi connectivity index (χ2n) is 14.6. The molecule has 0 saturated heterocycles. The van der Waals surface area contributed by atoms with Gasteiger partial charge < -0.3 is 10.2 Å². The van der Waals surface area contributed by atoms with Crippen LogP contribution < -0.4 is 0 Å². The molecule has 2 N–H and O–H groups in total. The van der Waals surface area contributed by atoms with E-state index in [1.54, 1.807) is 6.07 Å². The second kappa shape index (κ2) is 13.6. The monoisotopic (exact) mass is 638 g/mol. The molecule has 1 saturated carbocycles. The van der Waals surface area contributed by atoms with Gasteiger partial charge in [-0.05, 0) is 134 Å². The first kappa shape index (κ1) is 32.1. The van der Waals surface area contributed by atoms with Crippen LogP contribution in [0.4, 0.5) is 0 Å². The van der Waals surface area contributed by atoms with Crippen LogP contribution >= 0.6 is 0 Å². The fraction of sp³-hybridized carbons (Fsp3) is 0.364. The van der Waals surface area contributed by atoms with Gasteiger partial charge in [-0.3, -0.25) is 9.59 Å². The van der Waals surface area contributed by atoms with Crippen LogP contribution in [-0.2, 0) is 46.1 Å². The van der Waals surface area contributed by atoms with Crippen LogP contribution in [-0.4, -0.2) is 21.8 Å². The van der Waals surface area contributed by atoms with Gasteiger partial charge in [0.15, 0.2) is 5.78 Å². The van der Waals surface area contributed by atoms with Crippen LogP contribution in [0.25, 0.3) is 0 Å². The molecule has 4 heteroatoms. The van der Waals surface area contributed by atoms with Crippen molar-refractivity contribution in [2.45, 2.75) is 94.3 Å². The minimum atomic E-state index is -0.102. The van der Waals surface area contributed by atoms with E-state index in [-0.39, 0.29) is 16.6 Å². The lowest BCUT2D eigenvalue weighted by atomic mass is 9.59. The molecule has 0 spiro atoms. The summed E-state index contributed by atoms with van der Waals surface area (Å²) >= 11 is 0. The average Bonchev–Trinajstić information content (AvgIpc) is 3.33. The Morgan fingerprint density at radius 3 is 1.96 bits per heavy atom. The number of Topliss-reactive ketones (excluding diaryl/α,β-unsaturated/α-hetero) is 1.